The summed E-state index contributed by atoms with van der Waals surface area (Å²) in [5, 5.41) is 15.6. The van der Waals surface area contributed by atoms with Crippen molar-refractivity contribution < 1.29 is 14.6 Å². The molecule has 3 N–H and O–H groups in total. The van der Waals surface area contributed by atoms with Gasteiger partial charge in [-0.2, -0.15) is 0 Å². The standard InChI is InChI=1S/C19H24N2O3/c1-14-5-3-4-6-17(14)18(22)13-21-19(23)20-12-11-15-7-9-16(24-2)10-8-15/h3-10,18,22H,11-13H2,1-2H3,(H2,20,21,23). The van der Waals surface area contributed by atoms with Gasteiger partial charge in [-0.3, -0.25) is 0 Å². The molecule has 0 aliphatic heterocycles. The number of ether oxygens (including phenoxy) is 1. The van der Waals surface area contributed by atoms with Gasteiger partial charge in [-0.15, -0.1) is 0 Å². The van der Waals surface area contributed by atoms with E-state index < -0.39 is 6.10 Å². The van der Waals surface area contributed by atoms with Crippen molar-refractivity contribution in [3.05, 3.63) is 65.2 Å². The molecule has 2 amide bonds. The van der Waals surface area contributed by atoms with Gasteiger partial charge in [-0.1, -0.05) is 36.4 Å². The molecule has 0 bridgehead atoms. The first-order valence-corrected chi connectivity index (χ1v) is 7.98. The van der Waals surface area contributed by atoms with Crippen LogP contribution in [0, 0.1) is 6.92 Å². The largest absolute Gasteiger partial charge is 0.497 e. The van der Waals surface area contributed by atoms with Crippen LogP contribution in [-0.4, -0.2) is 31.3 Å². The van der Waals surface area contributed by atoms with Crippen LogP contribution in [-0.2, 0) is 6.42 Å². The van der Waals surface area contributed by atoms with Crippen LogP contribution in [0.5, 0.6) is 5.75 Å². The maximum Gasteiger partial charge on any atom is 0.314 e. The Labute approximate surface area is 142 Å². The van der Waals surface area contributed by atoms with Crippen molar-refractivity contribution >= 4 is 6.03 Å². The summed E-state index contributed by atoms with van der Waals surface area (Å²) in [6.45, 7) is 2.64. The van der Waals surface area contributed by atoms with Gasteiger partial charge in [0.25, 0.3) is 0 Å². The highest BCUT2D eigenvalue weighted by atomic mass is 16.5. The quantitative estimate of drug-likeness (QED) is 0.731. The van der Waals surface area contributed by atoms with Crippen LogP contribution in [0.15, 0.2) is 48.5 Å². The SMILES string of the molecule is COc1ccc(CCNC(=O)NCC(O)c2ccccc2C)cc1. The average molecular weight is 328 g/mol. The molecule has 0 saturated carbocycles. The van der Waals surface area contributed by atoms with E-state index in [9.17, 15) is 9.90 Å². The zero-order chi connectivity index (χ0) is 17.4. The summed E-state index contributed by atoms with van der Waals surface area (Å²) in [7, 11) is 1.63. The first kappa shape index (κ1) is 17.8. The lowest BCUT2D eigenvalue weighted by molar-refractivity contribution is 0.172. The molecule has 1 unspecified atom stereocenters. The Morgan fingerprint density at radius 2 is 1.83 bits per heavy atom. The number of urea groups is 1. The van der Waals surface area contributed by atoms with Crippen LogP contribution in [0.3, 0.4) is 0 Å². The fourth-order valence-electron chi connectivity index (χ4n) is 2.44. The molecule has 128 valence electrons. The van der Waals surface area contributed by atoms with Crippen molar-refractivity contribution in [3.63, 3.8) is 0 Å². The number of carbonyl (C=O) groups excluding carboxylic acids is 1. The van der Waals surface area contributed by atoms with E-state index in [1.807, 2.05) is 55.5 Å². The zero-order valence-electron chi connectivity index (χ0n) is 14.1. The minimum Gasteiger partial charge on any atom is -0.497 e. The number of hydrogen-bond donors (Lipinski definition) is 3. The molecule has 24 heavy (non-hydrogen) atoms. The van der Waals surface area contributed by atoms with Gasteiger partial charge in [-0.25, -0.2) is 4.79 Å². The Morgan fingerprint density at radius 3 is 2.50 bits per heavy atom. The second kappa shape index (κ2) is 8.93. The number of amides is 2. The monoisotopic (exact) mass is 328 g/mol. The molecule has 0 fully saturated rings. The number of aryl methyl sites for hydroxylation is 1. The molecule has 0 aliphatic rings. The van der Waals surface area contributed by atoms with Crippen LogP contribution >= 0.6 is 0 Å². The number of aliphatic hydroxyl groups is 1. The minimum absolute atomic E-state index is 0.180. The van der Waals surface area contributed by atoms with Crippen LogP contribution in [0.25, 0.3) is 0 Å². The topological polar surface area (TPSA) is 70.6 Å². The van der Waals surface area contributed by atoms with E-state index >= 15 is 0 Å². The third-order valence-electron chi connectivity index (χ3n) is 3.86. The van der Waals surface area contributed by atoms with Crippen molar-refractivity contribution in [2.45, 2.75) is 19.4 Å². The number of benzene rings is 2. The summed E-state index contributed by atoms with van der Waals surface area (Å²) in [6.07, 6.45) is 0.0242. The van der Waals surface area contributed by atoms with Crippen LogP contribution in [0.4, 0.5) is 4.79 Å². The van der Waals surface area contributed by atoms with Crippen molar-refractivity contribution in [2.24, 2.45) is 0 Å². The summed E-state index contributed by atoms with van der Waals surface area (Å²) in [4.78, 5) is 11.8. The first-order chi connectivity index (χ1) is 11.6. The summed E-state index contributed by atoms with van der Waals surface area (Å²) < 4.78 is 5.11. The second-order valence-corrected chi connectivity index (χ2v) is 5.61. The number of methoxy groups -OCH3 is 1. The zero-order valence-corrected chi connectivity index (χ0v) is 14.1. The molecule has 2 aromatic carbocycles. The van der Waals surface area contributed by atoms with Gasteiger partial charge in [0.2, 0.25) is 0 Å². The Hall–Kier alpha value is -2.53. The van der Waals surface area contributed by atoms with Gasteiger partial charge in [0.05, 0.1) is 13.2 Å². The van der Waals surface area contributed by atoms with Gasteiger partial charge in [-0.05, 0) is 42.2 Å². The van der Waals surface area contributed by atoms with Gasteiger partial charge < -0.3 is 20.5 Å². The summed E-state index contributed by atoms with van der Waals surface area (Å²) in [6, 6.07) is 15.1. The number of hydrogen-bond acceptors (Lipinski definition) is 3. The maximum absolute atomic E-state index is 11.8. The second-order valence-electron chi connectivity index (χ2n) is 5.61. The number of aliphatic hydroxyl groups excluding tert-OH is 1. The van der Waals surface area contributed by atoms with Crippen molar-refractivity contribution in [3.8, 4) is 5.75 Å². The summed E-state index contributed by atoms with van der Waals surface area (Å²) in [5.74, 6) is 0.814. The van der Waals surface area contributed by atoms with Crippen molar-refractivity contribution in [2.75, 3.05) is 20.2 Å². The van der Waals surface area contributed by atoms with Crippen LogP contribution in [0.1, 0.15) is 22.8 Å². The minimum atomic E-state index is -0.710. The van der Waals surface area contributed by atoms with E-state index in [0.29, 0.717) is 6.54 Å². The lowest BCUT2D eigenvalue weighted by Gasteiger charge is -2.15. The Bertz CT molecular complexity index is 656. The molecular weight excluding hydrogens is 304 g/mol. The average Bonchev–Trinajstić information content (AvgIpc) is 2.60. The summed E-state index contributed by atoms with van der Waals surface area (Å²) in [5.41, 5.74) is 2.96. The first-order valence-electron chi connectivity index (χ1n) is 7.98. The lowest BCUT2D eigenvalue weighted by Crippen LogP contribution is -2.38. The van der Waals surface area contributed by atoms with Gasteiger partial charge in [0, 0.05) is 13.1 Å². The number of rotatable bonds is 7. The molecule has 1 atom stereocenters. The molecule has 5 nitrogen and oxygen atoms in total. The Morgan fingerprint density at radius 1 is 1.12 bits per heavy atom. The molecule has 0 radical (unpaired) electrons. The van der Waals surface area contributed by atoms with E-state index in [2.05, 4.69) is 10.6 Å². The molecule has 0 heterocycles. The van der Waals surface area contributed by atoms with Crippen molar-refractivity contribution in [1.82, 2.24) is 10.6 Å². The van der Waals surface area contributed by atoms with Gasteiger partial charge in [0.1, 0.15) is 5.75 Å². The molecular formula is C19H24N2O3. The Balaban J connectivity index is 1.70. The van der Waals surface area contributed by atoms with E-state index in [-0.39, 0.29) is 12.6 Å². The maximum atomic E-state index is 11.8. The molecule has 2 rings (SSSR count). The van der Waals surface area contributed by atoms with Crippen LogP contribution < -0.4 is 15.4 Å². The summed E-state index contributed by atoms with van der Waals surface area (Å²) >= 11 is 0. The molecule has 5 heteroatoms. The van der Waals surface area contributed by atoms with Crippen molar-refractivity contribution in [1.29, 1.82) is 0 Å². The third-order valence-corrected chi connectivity index (χ3v) is 3.86. The predicted octanol–water partition coefficient (Wildman–Crippen LogP) is 2.58. The van der Waals surface area contributed by atoms with Gasteiger partial charge >= 0.3 is 6.03 Å². The van der Waals surface area contributed by atoms with E-state index in [1.54, 1.807) is 7.11 Å². The fourth-order valence-corrected chi connectivity index (χ4v) is 2.44. The molecule has 0 aliphatic carbocycles. The van der Waals surface area contributed by atoms with E-state index in [4.69, 9.17) is 4.74 Å². The van der Waals surface area contributed by atoms with Crippen LogP contribution in [0.2, 0.25) is 0 Å². The highest BCUT2D eigenvalue weighted by Crippen LogP contribution is 2.16. The molecule has 0 spiro atoms. The van der Waals surface area contributed by atoms with E-state index in [0.717, 1.165) is 28.9 Å². The highest BCUT2D eigenvalue weighted by Gasteiger charge is 2.11. The van der Waals surface area contributed by atoms with E-state index in [1.165, 1.54) is 0 Å². The number of nitrogens with one attached hydrogen (secondary N) is 2. The smallest absolute Gasteiger partial charge is 0.314 e. The normalized spacial score (nSPS) is 11.6. The Kier molecular flexibility index (Phi) is 6.63. The molecule has 0 saturated heterocycles. The molecule has 0 aromatic heterocycles. The lowest BCUT2D eigenvalue weighted by atomic mass is 10.0. The predicted molar refractivity (Wildman–Crippen MR) is 94.2 cm³/mol. The fraction of sp³-hybridized carbons (Fsp3) is 0.316. The van der Waals surface area contributed by atoms with Gasteiger partial charge in [0.15, 0.2) is 0 Å². The third kappa shape index (κ3) is 5.28. The number of carbonyl (C=O) groups is 1. The molecule has 2 aromatic rings. The highest BCUT2D eigenvalue weighted by molar-refractivity contribution is 5.73.